The average Bonchev–Trinajstić information content (AvgIpc) is 2.56. The third-order valence-corrected chi connectivity index (χ3v) is 5.01. The van der Waals surface area contributed by atoms with Crippen molar-refractivity contribution in [3.63, 3.8) is 0 Å². The van der Waals surface area contributed by atoms with Crippen molar-refractivity contribution in [2.45, 2.75) is 23.5 Å². The van der Waals surface area contributed by atoms with Crippen LogP contribution >= 0.6 is 23.4 Å². The van der Waals surface area contributed by atoms with E-state index in [9.17, 15) is 5.26 Å². The lowest BCUT2D eigenvalue weighted by Gasteiger charge is -2.15. The molecule has 0 bridgehead atoms. The molecule has 0 amide bonds. The highest BCUT2D eigenvalue weighted by molar-refractivity contribution is 7.98. The van der Waals surface area contributed by atoms with Crippen molar-refractivity contribution in [3.8, 4) is 6.07 Å². The minimum atomic E-state index is 0.297. The normalized spacial score (nSPS) is 17.0. The second kappa shape index (κ2) is 4.92. The molecule has 1 aliphatic rings. The van der Waals surface area contributed by atoms with E-state index in [1.165, 1.54) is 16.7 Å². The molecule has 1 aliphatic heterocycles. The summed E-state index contributed by atoms with van der Waals surface area (Å²) in [7, 11) is 0. The van der Waals surface area contributed by atoms with Gasteiger partial charge < -0.3 is 0 Å². The number of halogens is 1. The summed E-state index contributed by atoms with van der Waals surface area (Å²) in [6, 6.07) is 14.4. The highest BCUT2D eigenvalue weighted by atomic mass is 35.5. The van der Waals surface area contributed by atoms with Gasteiger partial charge in [-0.15, -0.1) is 11.8 Å². The summed E-state index contributed by atoms with van der Waals surface area (Å²) in [5.41, 5.74) is 4.59. The molecule has 1 nitrogen and oxygen atoms in total. The van der Waals surface area contributed by atoms with Gasteiger partial charge in [-0.3, -0.25) is 0 Å². The second-order valence-corrected chi connectivity index (χ2v) is 6.11. The van der Waals surface area contributed by atoms with Gasteiger partial charge >= 0.3 is 0 Å². The van der Waals surface area contributed by atoms with Gasteiger partial charge in [0, 0.05) is 21.6 Å². The van der Waals surface area contributed by atoms with E-state index < -0.39 is 0 Å². The molecular formula is C16H12ClNS. The van der Waals surface area contributed by atoms with Gasteiger partial charge in [-0.1, -0.05) is 36.7 Å². The summed E-state index contributed by atoms with van der Waals surface area (Å²) in [5, 5.41) is 10.0. The minimum Gasteiger partial charge on any atom is -0.192 e. The highest BCUT2D eigenvalue weighted by Crippen LogP contribution is 2.42. The Bertz CT molecular complexity index is 688. The van der Waals surface area contributed by atoms with Crippen molar-refractivity contribution in [1.29, 1.82) is 5.26 Å². The Kier molecular flexibility index (Phi) is 3.26. The number of hydrogen-bond donors (Lipinski definition) is 0. The van der Waals surface area contributed by atoms with Crippen LogP contribution in [0.25, 0.3) is 0 Å². The molecule has 3 rings (SSSR count). The van der Waals surface area contributed by atoms with Crippen LogP contribution in [0.3, 0.4) is 0 Å². The predicted molar refractivity (Wildman–Crippen MR) is 79.7 cm³/mol. The zero-order valence-corrected chi connectivity index (χ0v) is 12.1. The molecule has 0 aromatic heterocycles. The van der Waals surface area contributed by atoms with Crippen LogP contribution in [-0.4, -0.2) is 0 Å². The number of benzene rings is 2. The van der Waals surface area contributed by atoms with Gasteiger partial charge in [0.2, 0.25) is 0 Å². The molecule has 2 aromatic carbocycles. The maximum atomic E-state index is 9.25. The quantitative estimate of drug-likeness (QED) is 0.682. The number of nitrogens with zero attached hydrogens (tertiary/aromatic N) is 1. The Labute approximate surface area is 122 Å². The van der Waals surface area contributed by atoms with Gasteiger partial charge in [-0.25, -0.2) is 0 Å². The van der Waals surface area contributed by atoms with Gasteiger partial charge in [-0.2, -0.15) is 5.26 Å². The summed E-state index contributed by atoms with van der Waals surface area (Å²) in [5.74, 6) is 1.16. The number of hydrogen-bond acceptors (Lipinski definition) is 2. The number of thioether (sulfide) groups is 1. The Morgan fingerprint density at radius 3 is 2.89 bits per heavy atom. The maximum Gasteiger partial charge on any atom is 0.100 e. The molecule has 0 saturated carbocycles. The minimum absolute atomic E-state index is 0.297. The molecule has 0 spiro atoms. The van der Waals surface area contributed by atoms with Gasteiger partial charge in [0.05, 0.1) is 5.56 Å². The first-order chi connectivity index (χ1) is 9.20. The molecular weight excluding hydrogens is 274 g/mol. The lowest BCUT2D eigenvalue weighted by atomic mass is 9.89. The van der Waals surface area contributed by atoms with Crippen molar-refractivity contribution >= 4 is 23.4 Å². The first-order valence-electron chi connectivity index (χ1n) is 6.15. The van der Waals surface area contributed by atoms with Crippen molar-refractivity contribution in [2.24, 2.45) is 0 Å². The summed E-state index contributed by atoms with van der Waals surface area (Å²) < 4.78 is 0. The van der Waals surface area contributed by atoms with Crippen LogP contribution in [0.1, 0.15) is 35.1 Å². The van der Waals surface area contributed by atoms with E-state index in [0.717, 1.165) is 21.2 Å². The molecule has 0 fully saturated rings. The van der Waals surface area contributed by atoms with Crippen LogP contribution in [0, 0.1) is 11.3 Å². The fourth-order valence-electron chi connectivity index (χ4n) is 2.58. The molecule has 0 N–H and O–H groups in total. The zero-order chi connectivity index (χ0) is 13.4. The highest BCUT2D eigenvalue weighted by Gasteiger charge is 2.22. The fraction of sp³-hybridized carbons (Fsp3) is 0.188. The van der Waals surface area contributed by atoms with Crippen molar-refractivity contribution in [2.75, 3.05) is 0 Å². The van der Waals surface area contributed by atoms with E-state index in [1.54, 1.807) is 11.8 Å². The van der Waals surface area contributed by atoms with Crippen molar-refractivity contribution in [3.05, 3.63) is 63.7 Å². The largest absolute Gasteiger partial charge is 0.192 e. The SMILES string of the molecule is CC1c2ccc(Cl)cc2CSc2c(C#N)cccc21. The van der Waals surface area contributed by atoms with Crippen LogP contribution in [0.15, 0.2) is 41.3 Å². The molecule has 3 heteroatoms. The summed E-state index contributed by atoms with van der Waals surface area (Å²) in [6.07, 6.45) is 0. The van der Waals surface area contributed by atoms with E-state index in [0.29, 0.717) is 5.92 Å². The number of nitriles is 1. The summed E-state index contributed by atoms with van der Waals surface area (Å²) in [4.78, 5) is 1.12. The molecule has 0 radical (unpaired) electrons. The predicted octanol–water partition coefficient (Wildman–Crippen LogP) is 4.97. The Morgan fingerprint density at radius 1 is 1.26 bits per heavy atom. The van der Waals surface area contributed by atoms with Crippen LogP contribution in [0.5, 0.6) is 0 Å². The Morgan fingerprint density at radius 2 is 2.11 bits per heavy atom. The lowest BCUT2D eigenvalue weighted by molar-refractivity contribution is 0.888. The maximum absolute atomic E-state index is 9.25. The average molecular weight is 286 g/mol. The first kappa shape index (κ1) is 12.6. The van der Waals surface area contributed by atoms with Crippen molar-refractivity contribution in [1.82, 2.24) is 0 Å². The van der Waals surface area contributed by atoms with Gasteiger partial charge in [0.15, 0.2) is 0 Å². The second-order valence-electron chi connectivity index (χ2n) is 4.69. The summed E-state index contributed by atoms with van der Waals surface area (Å²) in [6.45, 7) is 2.19. The van der Waals surface area contributed by atoms with Crippen LogP contribution in [0.4, 0.5) is 0 Å². The molecule has 94 valence electrons. The van der Waals surface area contributed by atoms with Crippen LogP contribution < -0.4 is 0 Å². The van der Waals surface area contributed by atoms with Gasteiger partial charge in [-0.05, 0) is 34.9 Å². The molecule has 0 saturated heterocycles. The monoisotopic (exact) mass is 285 g/mol. The molecule has 0 aliphatic carbocycles. The Balaban J connectivity index is 2.20. The van der Waals surface area contributed by atoms with Gasteiger partial charge in [0.1, 0.15) is 6.07 Å². The number of rotatable bonds is 0. The smallest absolute Gasteiger partial charge is 0.100 e. The fourth-order valence-corrected chi connectivity index (χ4v) is 4.01. The topological polar surface area (TPSA) is 23.8 Å². The molecule has 2 aromatic rings. The molecule has 1 atom stereocenters. The van der Waals surface area contributed by atoms with E-state index >= 15 is 0 Å². The van der Waals surface area contributed by atoms with Crippen molar-refractivity contribution < 1.29 is 0 Å². The Hall–Kier alpha value is -1.43. The molecule has 1 unspecified atom stereocenters. The number of fused-ring (bicyclic) bond motifs is 2. The van der Waals surface area contributed by atoms with Crippen LogP contribution in [0.2, 0.25) is 5.02 Å². The summed E-state index contributed by atoms with van der Waals surface area (Å²) >= 11 is 7.82. The third kappa shape index (κ3) is 2.14. The van der Waals surface area contributed by atoms with Gasteiger partial charge in [0.25, 0.3) is 0 Å². The molecule has 19 heavy (non-hydrogen) atoms. The standard InChI is InChI=1S/C16H12ClNS/c1-10-14-6-5-13(17)7-12(14)9-19-16-11(8-18)3-2-4-15(10)16/h2-7,10H,9H2,1H3. The van der Waals surface area contributed by atoms with E-state index in [2.05, 4.69) is 25.1 Å². The van der Waals surface area contributed by atoms with Crippen LogP contribution in [-0.2, 0) is 5.75 Å². The van der Waals surface area contributed by atoms with E-state index in [-0.39, 0.29) is 0 Å². The van der Waals surface area contributed by atoms with E-state index in [4.69, 9.17) is 11.6 Å². The van der Waals surface area contributed by atoms with E-state index in [1.807, 2.05) is 24.3 Å². The third-order valence-electron chi connectivity index (χ3n) is 3.58. The lowest BCUT2D eigenvalue weighted by Crippen LogP contribution is -1.99. The first-order valence-corrected chi connectivity index (χ1v) is 7.51. The zero-order valence-electron chi connectivity index (χ0n) is 10.5. The molecule has 1 heterocycles.